The zero-order chi connectivity index (χ0) is 24.4. The van der Waals surface area contributed by atoms with Crippen molar-refractivity contribution in [1.82, 2.24) is 9.96 Å². The highest BCUT2D eigenvalue weighted by Gasteiger charge is 2.53. The standard InChI is InChI=1S/C25H23N2O7P/c28-24(29)23-21-14-8-7-13-20(21)22-15-26(23)25(30)27(22)34-35(31,32-16-18-9-3-1-4-10-18)33-17-19-11-5-2-6-12-19/h1-14,22-23H,15-17H2,(H,28,29)/t22-,23?/m0/s1. The molecule has 10 heteroatoms. The summed E-state index contributed by atoms with van der Waals surface area (Å²) in [5.41, 5.74) is 2.58. The van der Waals surface area contributed by atoms with Gasteiger partial charge in [-0.3, -0.25) is 9.05 Å². The van der Waals surface area contributed by atoms with E-state index in [-0.39, 0.29) is 19.8 Å². The molecule has 0 radical (unpaired) electrons. The first kappa shape index (κ1) is 23.3. The van der Waals surface area contributed by atoms with Crippen molar-refractivity contribution in [3.05, 3.63) is 107 Å². The third kappa shape index (κ3) is 4.72. The van der Waals surface area contributed by atoms with Crippen LogP contribution in [0.1, 0.15) is 34.3 Å². The molecule has 2 aliphatic heterocycles. The molecule has 9 nitrogen and oxygen atoms in total. The summed E-state index contributed by atoms with van der Waals surface area (Å²) < 4.78 is 30.8. The Morgan fingerprint density at radius 1 is 0.857 bits per heavy atom. The van der Waals surface area contributed by atoms with Crippen molar-refractivity contribution >= 4 is 19.8 Å². The number of hydroxylamine groups is 2. The molecule has 180 valence electrons. The Kier molecular flexibility index (Phi) is 6.40. The number of urea groups is 1. The number of hydrogen-bond donors (Lipinski definition) is 1. The molecule has 1 N–H and O–H groups in total. The molecule has 3 aromatic carbocycles. The van der Waals surface area contributed by atoms with E-state index in [2.05, 4.69) is 0 Å². The highest BCUT2D eigenvalue weighted by Crippen LogP contribution is 2.55. The lowest BCUT2D eigenvalue weighted by atomic mass is 9.91. The molecule has 0 spiro atoms. The van der Waals surface area contributed by atoms with Gasteiger partial charge in [-0.15, -0.1) is 0 Å². The Labute approximate surface area is 202 Å². The summed E-state index contributed by atoms with van der Waals surface area (Å²) in [5, 5.41) is 10.7. The zero-order valence-electron chi connectivity index (χ0n) is 18.6. The first-order valence-electron chi connectivity index (χ1n) is 11.0. The fourth-order valence-electron chi connectivity index (χ4n) is 4.28. The van der Waals surface area contributed by atoms with Crippen LogP contribution in [-0.4, -0.2) is 33.6 Å². The third-order valence-electron chi connectivity index (χ3n) is 5.93. The first-order chi connectivity index (χ1) is 17.0. The summed E-state index contributed by atoms with van der Waals surface area (Å²) in [4.78, 5) is 26.4. The number of aliphatic carboxylic acids is 1. The van der Waals surface area contributed by atoms with Crippen LogP contribution in [0.25, 0.3) is 0 Å². The molecular formula is C25H23N2O7P. The quantitative estimate of drug-likeness (QED) is 0.414. The van der Waals surface area contributed by atoms with Crippen LogP contribution >= 0.6 is 7.82 Å². The van der Waals surface area contributed by atoms with Gasteiger partial charge in [0, 0.05) is 0 Å². The number of amides is 2. The summed E-state index contributed by atoms with van der Waals surface area (Å²) in [6.07, 6.45) is 0. The molecule has 2 amide bonds. The largest absolute Gasteiger partial charge is 0.497 e. The van der Waals surface area contributed by atoms with Crippen molar-refractivity contribution in [2.45, 2.75) is 25.3 Å². The zero-order valence-corrected chi connectivity index (χ0v) is 19.5. The monoisotopic (exact) mass is 494 g/mol. The van der Waals surface area contributed by atoms with Crippen LogP contribution in [0.4, 0.5) is 4.79 Å². The van der Waals surface area contributed by atoms with Crippen molar-refractivity contribution in [3.8, 4) is 0 Å². The smallest absolute Gasteiger partial charge is 0.479 e. The van der Waals surface area contributed by atoms with Gasteiger partial charge < -0.3 is 10.0 Å². The van der Waals surface area contributed by atoms with E-state index in [4.69, 9.17) is 13.7 Å². The molecule has 2 atom stereocenters. The van der Waals surface area contributed by atoms with Crippen molar-refractivity contribution in [2.24, 2.45) is 0 Å². The van der Waals surface area contributed by atoms with Crippen LogP contribution in [0, 0.1) is 0 Å². The van der Waals surface area contributed by atoms with Crippen molar-refractivity contribution in [3.63, 3.8) is 0 Å². The number of phosphoric acid groups is 1. The van der Waals surface area contributed by atoms with Crippen LogP contribution in [0.2, 0.25) is 0 Å². The van der Waals surface area contributed by atoms with Crippen molar-refractivity contribution in [2.75, 3.05) is 6.54 Å². The maximum absolute atomic E-state index is 13.8. The van der Waals surface area contributed by atoms with E-state index in [1.165, 1.54) is 4.90 Å². The van der Waals surface area contributed by atoms with E-state index in [0.29, 0.717) is 11.1 Å². The SMILES string of the molecule is O=C(O)C1c2ccccc2[C@@H]2CN1C(=O)N2OP(=O)(OCc1ccccc1)OCc1ccccc1. The maximum atomic E-state index is 13.8. The number of fused-ring (bicyclic) bond motifs is 4. The lowest BCUT2D eigenvalue weighted by Crippen LogP contribution is -2.38. The molecule has 5 rings (SSSR count). The second-order valence-corrected chi connectivity index (χ2v) is 9.77. The van der Waals surface area contributed by atoms with Gasteiger partial charge in [-0.2, -0.15) is 9.69 Å². The van der Waals surface area contributed by atoms with E-state index >= 15 is 0 Å². The molecule has 0 aromatic heterocycles. The highest BCUT2D eigenvalue weighted by molar-refractivity contribution is 7.48. The summed E-state index contributed by atoms with van der Waals surface area (Å²) in [6, 6.07) is 22.5. The number of phosphoric ester groups is 1. The van der Waals surface area contributed by atoms with Gasteiger partial charge in [0.15, 0.2) is 6.04 Å². The lowest BCUT2D eigenvalue weighted by Gasteiger charge is -2.30. The van der Waals surface area contributed by atoms with E-state index < -0.39 is 31.9 Å². The molecule has 2 bridgehead atoms. The number of carbonyl (C=O) groups is 2. The van der Waals surface area contributed by atoms with E-state index in [0.717, 1.165) is 16.2 Å². The van der Waals surface area contributed by atoms with Crippen LogP contribution < -0.4 is 0 Å². The van der Waals surface area contributed by atoms with Crippen molar-refractivity contribution in [1.29, 1.82) is 0 Å². The summed E-state index contributed by atoms with van der Waals surface area (Å²) in [5.74, 6) is -1.16. The van der Waals surface area contributed by atoms with Crippen LogP contribution in [0.3, 0.4) is 0 Å². The number of carboxylic acids is 1. The number of carboxylic acid groups (broad SMARTS) is 1. The normalized spacial score (nSPS) is 19.0. The number of rotatable bonds is 9. The Balaban J connectivity index is 1.43. The Morgan fingerprint density at radius 3 is 1.91 bits per heavy atom. The van der Waals surface area contributed by atoms with Gasteiger partial charge in [-0.05, 0) is 22.3 Å². The summed E-state index contributed by atoms with van der Waals surface area (Å²) in [7, 11) is -4.31. The minimum atomic E-state index is -4.31. The third-order valence-corrected chi connectivity index (χ3v) is 7.20. The van der Waals surface area contributed by atoms with Gasteiger partial charge in [-0.1, -0.05) is 84.9 Å². The number of carbonyl (C=O) groups excluding carboxylic acids is 1. The highest BCUT2D eigenvalue weighted by atomic mass is 31.2. The number of hydrogen-bond acceptors (Lipinski definition) is 6. The molecule has 1 saturated heterocycles. The van der Waals surface area contributed by atoms with Gasteiger partial charge in [-0.25, -0.2) is 14.2 Å². The molecule has 2 aliphatic rings. The van der Waals surface area contributed by atoms with Crippen LogP contribution in [0.5, 0.6) is 0 Å². The molecular weight excluding hydrogens is 471 g/mol. The average molecular weight is 494 g/mol. The number of benzene rings is 3. The van der Waals surface area contributed by atoms with Crippen molar-refractivity contribution < 1.29 is 32.9 Å². The molecule has 1 unspecified atom stereocenters. The first-order valence-corrected chi connectivity index (χ1v) is 12.5. The summed E-state index contributed by atoms with van der Waals surface area (Å²) in [6.45, 7) is -0.0699. The molecule has 3 aromatic rings. The lowest BCUT2D eigenvalue weighted by molar-refractivity contribution is -0.142. The van der Waals surface area contributed by atoms with Gasteiger partial charge in [0.05, 0.1) is 19.8 Å². The van der Waals surface area contributed by atoms with Gasteiger partial charge in [0.25, 0.3) is 0 Å². The van der Waals surface area contributed by atoms with E-state index in [9.17, 15) is 19.3 Å². The Morgan fingerprint density at radius 2 is 1.37 bits per heavy atom. The topological polar surface area (TPSA) is 106 Å². The Hall–Kier alpha value is -3.49. The van der Waals surface area contributed by atoms with E-state index in [1.807, 2.05) is 36.4 Å². The fourth-order valence-corrected chi connectivity index (χ4v) is 5.46. The average Bonchev–Trinajstić information content (AvgIpc) is 3.14. The minimum absolute atomic E-state index is 0.0718. The van der Waals surface area contributed by atoms with E-state index in [1.54, 1.807) is 48.5 Å². The second-order valence-electron chi connectivity index (χ2n) is 8.19. The van der Waals surface area contributed by atoms with Crippen LogP contribution in [-0.2, 0) is 36.2 Å². The van der Waals surface area contributed by atoms with Gasteiger partial charge in [0.2, 0.25) is 0 Å². The maximum Gasteiger partial charge on any atom is 0.497 e. The predicted molar refractivity (Wildman–Crippen MR) is 125 cm³/mol. The number of nitrogens with zero attached hydrogens (tertiary/aromatic N) is 2. The molecule has 0 aliphatic carbocycles. The molecule has 2 heterocycles. The van der Waals surface area contributed by atoms with Gasteiger partial charge >= 0.3 is 19.8 Å². The fraction of sp³-hybridized carbons (Fsp3) is 0.200. The minimum Gasteiger partial charge on any atom is -0.479 e. The molecule has 1 fully saturated rings. The van der Waals surface area contributed by atoms with Gasteiger partial charge in [0.1, 0.15) is 6.04 Å². The molecule has 35 heavy (non-hydrogen) atoms. The molecule has 0 saturated carbocycles. The second kappa shape index (κ2) is 9.64. The summed E-state index contributed by atoms with van der Waals surface area (Å²) >= 11 is 0. The van der Waals surface area contributed by atoms with Crippen LogP contribution in [0.15, 0.2) is 84.9 Å². The Bertz CT molecular complexity index is 1220. The predicted octanol–water partition coefficient (Wildman–Crippen LogP) is 5.08.